The van der Waals surface area contributed by atoms with Crippen LogP contribution in [0.2, 0.25) is 0 Å². The normalized spacial score (nSPS) is 21.2. The Morgan fingerprint density at radius 1 is 1.11 bits per heavy atom. The molecule has 1 atom stereocenters. The number of likely N-dealkylation sites (tertiary alicyclic amines) is 1. The third kappa shape index (κ3) is 4.94. The maximum Gasteiger partial charge on any atom is 0.410 e. The zero-order valence-electron chi connectivity index (χ0n) is 23.2. The molecular weight excluding hydrogens is 476 g/mol. The topological polar surface area (TPSA) is 70.7 Å². The number of ether oxygens (including phenoxy) is 2. The summed E-state index contributed by atoms with van der Waals surface area (Å²) in [7, 11) is 0. The van der Waals surface area contributed by atoms with Crippen molar-refractivity contribution >= 4 is 17.1 Å². The van der Waals surface area contributed by atoms with E-state index in [1.165, 1.54) is 27.8 Å². The second-order valence-corrected chi connectivity index (χ2v) is 12.2. The van der Waals surface area contributed by atoms with Crippen LogP contribution in [0.5, 0.6) is 0 Å². The quantitative estimate of drug-likeness (QED) is 0.452. The minimum Gasteiger partial charge on any atom is -0.444 e. The molecule has 1 N–H and O–H groups in total. The summed E-state index contributed by atoms with van der Waals surface area (Å²) in [6, 6.07) is 7.58. The first-order chi connectivity index (χ1) is 18.3. The van der Waals surface area contributed by atoms with Gasteiger partial charge in [0.05, 0.1) is 6.04 Å². The SMILES string of the molecule is Cc1c[nH]c2ncc(-c3cc4c(c([C@@H]5CCCN5C(=O)OC(C)(C)C)c3)CCN(C3CCOCC3)C4)cc12. The number of hydrogen-bond donors (Lipinski definition) is 1. The Labute approximate surface area is 225 Å². The van der Waals surface area contributed by atoms with Crippen molar-refractivity contribution < 1.29 is 14.3 Å². The first-order valence-corrected chi connectivity index (χ1v) is 14.2. The first-order valence-electron chi connectivity index (χ1n) is 14.2. The highest BCUT2D eigenvalue weighted by atomic mass is 16.6. The summed E-state index contributed by atoms with van der Waals surface area (Å²) in [5.41, 5.74) is 8.01. The van der Waals surface area contributed by atoms with E-state index in [1.807, 2.05) is 38.1 Å². The summed E-state index contributed by atoms with van der Waals surface area (Å²) in [5.74, 6) is 0. The maximum absolute atomic E-state index is 13.3. The second-order valence-electron chi connectivity index (χ2n) is 12.2. The lowest BCUT2D eigenvalue weighted by Crippen LogP contribution is -2.43. The van der Waals surface area contributed by atoms with Crippen LogP contribution < -0.4 is 0 Å². The molecule has 1 amide bonds. The highest BCUT2D eigenvalue weighted by Gasteiger charge is 2.36. The van der Waals surface area contributed by atoms with Gasteiger partial charge in [-0.1, -0.05) is 0 Å². The molecule has 202 valence electrons. The van der Waals surface area contributed by atoms with Crippen LogP contribution in [0, 0.1) is 6.92 Å². The third-order valence-electron chi connectivity index (χ3n) is 8.42. The van der Waals surface area contributed by atoms with Crippen molar-refractivity contribution in [2.24, 2.45) is 0 Å². The molecule has 0 spiro atoms. The number of nitrogens with one attached hydrogen (secondary N) is 1. The number of rotatable bonds is 3. The zero-order chi connectivity index (χ0) is 26.4. The Morgan fingerprint density at radius 2 is 1.92 bits per heavy atom. The molecule has 1 aromatic carbocycles. The van der Waals surface area contributed by atoms with Gasteiger partial charge < -0.3 is 19.4 Å². The van der Waals surface area contributed by atoms with Crippen molar-refractivity contribution in [1.29, 1.82) is 0 Å². The number of amides is 1. The minimum absolute atomic E-state index is 0.0406. The zero-order valence-corrected chi connectivity index (χ0v) is 23.2. The number of carbonyl (C=O) groups is 1. The standard InChI is InChI=1S/C31H40N4O3/c1-20-17-32-29-26(20)16-22(18-33-29)21-14-23-19-34(24-8-12-37-13-9-24)11-7-25(23)27(15-21)28-6-5-10-35(28)30(36)38-31(2,3)4/h14-18,24,28H,5-13,19H2,1-4H3,(H,32,33)/t28-/m0/s1. The molecule has 5 heterocycles. The molecule has 2 fully saturated rings. The van der Waals surface area contributed by atoms with E-state index in [0.717, 1.165) is 81.5 Å². The molecule has 0 radical (unpaired) electrons. The number of fused-ring (bicyclic) bond motifs is 2. The monoisotopic (exact) mass is 516 g/mol. The van der Waals surface area contributed by atoms with Crippen LogP contribution in [0.25, 0.3) is 22.2 Å². The molecule has 3 aliphatic heterocycles. The van der Waals surface area contributed by atoms with Gasteiger partial charge in [0, 0.05) is 62.2 Å². The van der Waals surface area contributed by atoms with Gasteiger partial charge in [-0.25, -0.2) is 9.78 Å². The summed E-state index contributed by atoms with van der Waals surface area (Å²) in [6.07, 6.45) is 8.96. The lowest BCUT2D eigenvalue weighted by atomic mass is 9.86. The van der Waals surface area contributed by atoms with Crippen LogP contribution in [0.15, 0.2) is 30.6 Å². The van der Waals surface area contributed by atoms with E-state index in [1.54, 1.807) is 0 Å². The molecule has 3 aromatic rings. The summed E-state index contributed by atoms with van der Waals surface area (Å²) in [5, 5.41) is 1.15. The number of aromatic nitrogens is 2. The third-order valence-corrected chi connectivity index (χ3v) is 8.42. The Kier molecular flexibility index (Phi) is 6.68. The largest absolute Gasteiger partial charge is 0.444 e. The summed E-state index contributed by atoms with van der Waals surface area (Å²) in [4.78, 5) is 25.9. The van der Waals surface area contributed by atoms with Crippen LogP contribution in [0.4, 0.5) is 4.79 Å². The predicted molar refractivity (Wildman–Crippen MR) is 149 cm³/mol. The van der Waals surface area contributed by atoms with Crippen LogP contribution in [0.1, 0.15) is 74.8 Å². The highest BCUT2D eigenvalue weighted by molar-refractivity contribution is 5.84. The van der Waals surface area contributed by atoms with Crippen molar-refractivity contribution in [2.45, 2.75) is 84.0 Å². The summed E-state index contributed by atoms with van der Waals surface area (Å²) >= 11 is 0. The van der Waals surface area contributed by atoms with E-state index >= 15 is 0 Å². The molecule has 0 unspecified atom stereocenters. The van der Waals surface area contributed by atoms with Crippen molar-refractivity contribution in [3.05, 3.63) is 52.8 Å². The van der Waals surface area contributed by atoms with Crippen molar-refractivity contribution in [1.82, 2.24) is 19.8 Å². The van der Waals surface area contributed by atoms with Gasteiger partial charge >= 0.3 is 6.09 Å². The highest BCUT2D eigenvalue weighted by Crippen LogP contribution is 2.41. The van der Waals surface area contributed by atoms with Crippen molar-refractivity contribution in [2.75, 3.05) is 26.3 Å². The summed E-state index contributed by atoms with van der Waals surface area (Å²) in [6.45, 7) is 12.4. The predicted octanol–water partition coefficient (Wildman–Crippen LogP) is 6.15. The molecule has 38 heavy (non-hydrogen) atoms. The van der Waals surface area contributed by atoms with E-state index < -0.39 is 5.60 Å². The fourth-order valence-corrected chi connectivity index (χ4v) is 6.50. The van der Waals surface area contributed by atoms with Crippen molar-refractivity contribution in [3.8, 4) is 11.1 Å². The van der Waals surface area contributed by atoms with Gasteiger partial charge in [0.25, 0.3) is 0 Å². The molecule has 2 saturated heterocycles. The first kappa shape index (κ1) is 25.4. The van der Waals surface area contributed by atoms with Crippen LogP contribution in [-0.4, -0.2) is 63.8 Å². The minimum atomic E-state index is -0.509. The Hall–Kier alpha value is -2.90. The van der Waals surface area contributed by atoms with Gasteiger partial charge in [0.2, 0.25) is 0 Å². The van der Waals surface area contributed by atoms with Crippen LogP contribution in [-0.2, 0) is 22.4 Å². The van der Waals surface area contributed by atoms with E-state index in [-0.39, 0.29) is 12.1 Å². The fourth-order valence-electron chi connectivity index (χ4n) is 6.50. The second kappa shape index (κ2) is 10.0. The van der Waals surface area contributed by atoms with Crippen LogP contribution >= 0.6 is 0 Å². The number of benzene rings is 1. The van der Waals surface area contributed by atoms with Gasteiger partial charge in [-0.2, -0.15) is 0 Å². The van der Waals surface area contributed by atoms with E-state index in [4.69, 9.17) is 14.5 Å². The Morgan fingerprint density at radius 3 is 2.71 bits per heavy atom. The van der Waals surface area contributed by atoms with Gasteiger partial charge in [-0.15, -0.1) is 0 Å². The molecule has 6 rings (SSSR count). The number of pyridine rings is 1. The number of aromatic amines is 1. The van der Waals surface area contributed by atoms with Gasteiger partial charge in [0.1, 0.15) is 11.2 Å². The number of nitrogens with zero attached hydrogens (tertiary/aromatic N) is 3. The molecular formula is C31H40N4O3. The van der Waals surface area contributed by atoms with Crippen LogP contribution in [0.3, 0.4) is 0 Å². The number of hydrogen-bond acceptors (Lipinski definition) is 5. The molecule has 0 bridgehead atoms. The number of aryl methyl sites for hydroxylation is 1. The van der Waals surface area contributed by atoms with E-state index in [0.29, 0.717) is 6.04 Å². The smallest absolute Gasteiger partial charge is 0.410 e. The number of H-pyrrole nitrogens is 1. The molecule has 7 heteroatoms. The average Bonchev–Trinajstić information content (AvgIpc) is 3.54. The molecule has 2 aromatic heterocycles. The Bertz CT molecular complexity index is 1330. The fraction of sp³-hybridized carbons (Fsp3) is 0.548. The molecule has 7 nitrogen and oxygen atoms in total. The lowest BCUT2D eigenvalue weighted by Gasteiger charge is -2.39. The molecule has 3 aliphatic rings. The van der Waals surface area contributed by atoms with E-state index in [9.17, 15) is 4.79 Å². The lowest BCUT2D eigenvalue weighted by molar-refractivity contribution is 0.0221. The van der Waals surface area contributed by atoms with Gasteiger partial charge in [0.15, 0.2) is 0 Å². The summed E-state index contributed by atoms with van der Waals surface area (Å²) < 4.78 is 11.5. The van der Waals surface area contributed by atoms with Gasteiger partial charge in [-0.05, 0) is 106 Å². The number of carbonyl (C=O) groups excluding carboxylic acids is 1. The molecule has 0 saturated carbocycles. The van der Waals surface area contributed by atoms with Crippen molar-refractivity contribution in [3.63, 3.8) is 0 Å². The average molecular weight is 517 g/mol. The Balaban J connectivity index is 1.41. The maximum atomic E-state index is 13.3. The van der Waals surface area contributed by atoms with Gasteiger partial charge in [-0.3, -0.25) is 4.90 Å². The van der Waals surface area contributed by atoms with E-state index in [2.05, 4.69) is 35.0 Å². The molecule has 0 aliphatic carbocycles.